The Bertz CT molecular complexity index is 269. The maximum absolute atomic E-state index is 3.74. The van der Waals surface area contributed by atoms with Gasteiger partial charge in [0, 0.05) is 12.5 Å². The molecule has 2 atom stereocenters. The van der Waals surface area contributed by atoms with E-state index in [1.54, 1.807) is 0 Å². The van der Waals surface area contributed by atoms with E-state index < -0.39 is 0 Å². The van der Waals surface area contributed by atoms with E-state index in [4.69, 9.17) is 0 Å². The lowest BCUT2D eigenvalue weighted by Gasteiger charge is -2.25. The van der Waals surface area contributed by atoms with E-state index >= 15 is 0 Å². The highest BCUT2D eigenvalue weighted by molar-refractivity contribution is 4.95. The molecule has 0 spiro atoms. The first-order chi connectivity index (χ1) is 8.40. The molecular weight excluding hydrogens is 206 g/mol. The van der Waals surface area contributed by atoms with Gasteiger partial charge in [0.15, 0.2) is 0 Å². The second-order valence-corrected chi connectivity index (χ2v) is 5.81. The van der Waals surface area contributed by atoms with Crippen molar-refractivity contribution in [2.24, 2.45) is 11.8 Å². The summed E-state index contributed by atoms with van der Waals surface area (Å²) in [7, 11) is 0. The Labute approximate surface area is 107 Å². The van der Waals surface area contributed by atoms with Gasteiger partial charge in [-0.1, -0.05) is 25.7 Å². The minimum absolute atomic E-state index is 0.870. The molecular formula is C16H27N. The predicted molar refractivity (Wildman–Crippen MR) is 73.8 cm³/mol. The highest BCUT2D eigenvalue weighted by atomic mass is 14.9. The summed E-state index contributed by atoms with van der Waals surface area (Å²) < 4.78 is 0. The molecule has 1 N–H and O–H groups in total. The van der Waals surface area contributed by atoms with Crippen LogP contribution in [0, 0.1) is 23.7 Å². The molecule has 0 heterocycles. The maximum Gasteiger partial charge on any atom is 0.00913 e. The number of hydrogen-bond acceptors (Lipinski definition) is 1. The van der Waals surface area contributed by atoms with Crippen molar-refractivity contribution in [3.05, 3.63) is 0 Å². The molecule has 0 aliphatic heterocycles. The molecule has 1 nitrogen and oxygen atoms in total. The molecule has 0 aromatic heterocycles. The lowest BCUT2D eigenvalue weighted by Crippen LogP contribution is -2.29. The molecule has 2 aliphatic carbocycles. The van der Waals surface area contributed by atoms with E-state index in [2.05, 4.69) is 17.2 Å². The summed E-state index contributed by atoms with van der Waals surface area (Å²) in [5.74, 6) is 8.14. The van der Waals surface area contributed by atoms with Gasteiger partial charge >= 0.3 is 0 Å². The third kappa shape index (κ3) is 4.72. The summed E-state index contributed by atoms with van der Waals surface area (Å²) in [6, 6.07) is 0.870. The average molecular weight is 233 g/mol. The van der Waals surface area contributed by atoms with Crippen molar-refractivity contribution in [3.63, 3.8) is 0 Å². The first-order valence-corrected chi connectivity index (χ1v) is 7.53. The molecule has 17 heavy (non-hydrogen) atoms. The zero-order valence-electron chi connectivity index (χ0n) is 11.3. The van der Waals surface area contributed by atoms with Gasteiger partial charge in [-0.05, 0) is 51.0 Å². The summed E-state index contributed by atoms with van der Waals surface area (Å²) in [6.07, 6.45) is 12.5. The summed E-state index contributed by atoms with van der Waals surface area (Å²) in [5, 5.41) is 3.74. The van der Waals surface area contributed by atoms with Crippen LogP contribution in [0.2, 0.25) is 0 Å². The van der Waals surface area contributed by atoms with Gasteiger partial charge < -0.3 is 5.32 Å². The molecule has 2 rings (SSSR count). The van der Waals surface area contributed by atoms with Crippen LogP contribution in [0.1, 0.15) is 64.7 Å². The van der Waals surface area contributed by atoms with Crippen LogP contribution in [0.4, 0.5) is 0 Å². The van der Waals surface area contributed by atoms with Crippen molar-refractivity contribution >= 4 is 0 Å². The summed E-state index contributed by atoms with van der Waals surface area (Å²) in [5.41, 5.74) is 0. The number of rotatable bonds is 5. The molecule has 0 aromatic carbocycles. The molecule has 1 heteroatoms. The number of nitrogens with one attached hydrogen (secondary N) is 1. The summed E-state index contributed by atoms with van der Waals surface area (Å²) in [6.45, 7) is 3.23. The highest BCUT2D eigenvalue weighted by Crippen LogP contribution is 2.32. The van der Waals surface area contributed by atoms with Crippen molar-refractivity contribution in [2.45, 2.75) is 70.8 Å². The van der Waals surface area contributed by atoms with Crippen LogP contribution >= 0.6 is 0 Å². The van der Waals surface area contributed by atoms with Crippen molar-refractivity contribution in [3.8, 4) is 11.8 Å². The van der Waals surface area contributed by atoms with E-state index in [9.17, 15) is 0 Å². The first kappa shape index (κ1) is 13.0. The van der Waals surface area contributed by atoms with E-state index in [1.165, 1.54) is 57.9 Å². The van der Waals surface area contributed by atoms with Gasteiger partial charge in [-0.15, -0.1) is 11.8 Å². The fourth-order valence-electron chi connectivity index (χ4n) is 3.10. The van der Waals surface area contributed by atoms with Crippen LogP contribution in [0.3, 0.4) is 0 Å². The van der Waals surface area contributed by atoms with E-state index in [0.29, 0.717) is 0 Å². The second kappa shape index (κ2) is 7.07. The van der Waals surface area contributed by atoms with Crippen molar-refractivity contribution in [2.75, 3.05) is 6.54 Å². The summed E-state index contributed by atoms with van der Waals surface area (Å²) in [4.78, 5) is 0. The molecule has 0 saturated heterocycles. The largest absolute Gasteiger partial charge is 0.314 e. The van der Waals surface area contributed by atoms with Crippen LogP contribution in [0.25, 0.3) is 0 Å². The molecule has 2 unspecified atom stereocenters. The average Bonchev–Trinajstić information content (AvgIpc) is 3.14. The van der Waals surface area contributed by atoms with Gasteiger partial charge in [0.1, 0.15) is 0 Å². The van der Waals surface area contributed by atoms with E-state index in [0.717, 1.165) is 24.3 Å². The van der Waals surface area contributed by atoms with Gasteiger partial charge in [0.05, 0.1) is 0 Å². The van der Waals surface area contributed by atoms with Crippen molar-refractivity contribution in [1.82, 2.24) is 5.32 Å². The van der Waals surface area contributed by atoms with Gasteiger partial charge in [-0.2, -0.15) is 0 Å². The van der Waals surface area contributed by atoms with Gasteiger partial charge in [-0.3, -0.25) is 0 Å². The molecule has 0 amide bonds. The fourth-order valence-corrected chi connectivity index (χ4v) is 3.10. The predicted octanol–water partition coefficient (Wildman–Crippen LogP) is 3.74. The monoisotopic (exact) mass is 233 g/mol. The number of hydrogen-bond donors (Lipinski definition) is 1. The molecule has 0 radical (unpaired) electrons. The van der Waals surface area contributed by atoms with E-state index in [-0.39, 0.29) is 0 Å². The van der Waals surface area contributed by atoms with Crippen LogP contribution in [0.15, 0.2) is 0 Å². The lowest BCUT2D eigenvalue weighted by molar-refractivity contribution is 0.285. The zero-order chi connectivity index (χ0) is 11.9. The van der Waals surface area contributed by atoms with Crippen LogP contribution in [-0.2, 0) is 0 Å². The smallest absolute Gasteiger partial charge is 0.00913 e. The first-order valence-electron chi connectivity index (χ1n) is 7.53. The van der Waals surface area contributed by atoms with Gasteiger partial charge in [0.25, 0.3) is 0 Å². The van der Waals surface area contributed by atoms with Crippen LogP contribution in [0.5, 0.6) is 0 Å². The molecule has 0 bridgehead atoms. The minimum Gasteiger partial charge on any atom is -0.314 e. The Morgan fingerprint density at radius 3 is 2.47 bits per heavy atom. The molecule has 2 aliphatic rings. The highest BCUT2D eigenvalue weighted by Gasteiger charge is 2.26. The quantitative estimate of drug-likeness (QED) is 0.563. The summed E-state index contributed by atoms with van der Waals surface area (Å²) >= 11 is 0. The minimum atomic E-state index is 0.870. The Morgan fingerprint density at radius 1 is 1.00 bits per heavy atom. The standard InChI is InChI=1S/C16H27N/c1-2-3-5-8-14-9-6-4-7-10-15(14)13-17-16-11-12-16/h14-17H,4-13H2,1H3. The lowest BCUT2D eigenvalue weighted by atomic mass is 9.84. The Hall–Kier alpha value is -0.480. The SMILES string of the molecule is CC#CCCC1CCCCCC1CNC1CC1. The molecule has 0 aromatic rings. The van der Waals surface area contributed by atoms with Crippen molar-refractivity contribution in [1.29, 1.82) is 0 Å². The van der Waals surface area contributed by atoms with Crippen molar-refractivity contribution < 1.29 is 0 Å². The van der Waals surface area contributed by atoms with Crippen LogP contribution < -0.4 is 5.32 Å². The second-order valence-electron chi connectivity index (χ2n) is 5.81. The Morgan fingerprint density at radius 2 is 1.76 bits per heavy atom. The third-order valence-corrected chi connectivity index (χ3v) is 4.38. The topological polar surface area (TPSA) is 12.0 Å². The third-order valence-electron chi connectivity index (χ3n) is 4.38. The fraction of sp³-hybridized carbons (Fsp3) is 0.875. The Balaban J connectivity index is 1.78. The van der Waals surface area contributed by atoms with Gasteiger partial charge in [-0.25, -0.2) is 0 Å². The normalized spacial score (nSPS) is 29.2. The van der Waals surface area contributed by atoms with E-state index in [1.807, 2.05) is 6.92 Å². The Kier molecular flexibility index (Phi) is 5.39. The zero-order valence-corrected chi connectivity index (χ0v) is 11.3. The molecule has 2 fully saturated rings. The van der Waals surface area contributed by atoms with Gasteiger partial charge in [0.2, 0.25) is 0 Å². The maximum atomic E-state index is 3.74. The molecule has 96 valence electrons. The molecule has 2 saturated carbocycles. The van der Waals surface area contributed by atoms with Crippen LogP contribution in [-0.4, -0.2) is 12.6 Å².